The highest BCUT2D eigenvalue weighted by Gasteiger charge is 2.44. The topological polar surface area (TPSA) is 152 Å². The Labute approximate surface area is 333 Å². The highest BCUT2D eigenvalue weighted by atomic mass is 16.7. The Hall–Kier alpha value is -2.34. The molecule has 1 rings (SSSR count). The molecule has 0 spiro atoms. The van der Waals surface area contributed by atoms with Crippen LogP contribution in [0, 0.1) is 0 Å². The number of hydrogen-bond donors (Lipinski definition) is 4. The van der Waals surface area contributed by atoms with Gasteiger partial charge >= 0.3 is 11.9 Å². The molecule has 0 aromatic rings. The van der Waals surface area contributed by atoms with E-state index in [0.717, 1.165) is 38.5 Å². The number of aliphatic hydroxyl groups excluding tert-OH is 4. The van der Waals surface area contributed by atoms with Gasteiger partial charge in [0.1, 0.15) is 31.0 Å². The zero-order chi connectivity index (χ0) is 40.2. The van der Waals surface area contributed by atoms with Crippen molar-refractivity contribution in [2.24, 2.45) is 0 Å². The second-order valence-electron chi connectivity index (χ2n) is 14.9. The van der Waals surface area contributed by atoms with Gasteiger partial charge in [-0.1, -0.05) is 153 Å². The van der Waals surface area contributed by atoms with Crippen molar-refractivity contribution < 1.29 is 49.0 Å². The number of unbranched alkanes of at least 4 members (excludes halogenated alkanes) is 19. The normalized spacial score (nSPS) is 21.0. The fourth-order valence-electron chi connectivity index (χ4n) is 6.30. The minimum Gasteiger partial charge on any atom is -0.462 e. The van der Waals surface area contributed by atoms with Gasteiger partial charge in [-0.25, -0.2) is 4.79 Å². The molecule has 1 heterocycles. The third-order valence-corrected chi connectivity index (χ3v) is 9.79. The molecule has 318 valence electrons. The summed E-state index contributed by atoms with van der Waals surface area (Å²) in [6, 6.07) is 0. The lowest BCUT2D eigenvalue weighted by Gasteiger charge is -2.39. The average molecular weight is 779 g/mol. The Balaban J connectivity index is 2.43. The van der Waals surface area contributed by atoms with E-state index in [9.17, 15) is 30.0 Å². The minimum atomic E-state index is -1.62. The van der Waals surface area contributed by atoms with Gasteiger partial charge in [-0.2, -0.15) is 0 Å². The molecule has 1 aliphatic heterocycles. The molecule has 4 N–H and O–H groups in total. The fourth-order valence-corrected chi connectivity index (χ4v) is 6.30. The summed E-state index contributed by atoms with van der Waals surface area (Å²) in [6.07, 6.45) is 34.7. The van der Waals surface area contributed by atoms with Crippen molar-refractivity contribution >= 4 is 11.9 Å². The molecule has 0 aliphatic carbocycles. The van der Waals surface area contributed by atoms with Crippen LogP contribution in [0.3, 0.4) is 0 Å². The summed E-state index contributed by atoms with van der Waals surface area (Å²) in [4.78, 5) is 25.1. The number of esters is 2. The third kappa shape index (κ3) is 27.8. The lowest BCUT2D eigenvalue weighted by atomic mass is 9.99. The van der Waals surface area contributed by atoms with E-state index in [4.69, 9.17) is 18.9 Å². The molecule has 1 fully saturated rings. The third-order valence-electron chi connectivity index (χ3n) is 9.79. The molecule has 0 bridgehead atoms. The SMILES string of the molecule is CCCCCCCC/C=C/C/C=C/CCCCC(=O)OC[C@@H](CO[C@H]1O[C@@H](CO)[C@@H](O)C(O)C1O)OC(=O)/C=C/C=C/CCCCCCCCCCCCC. The van der Waals surface area contributed by atoms with Crippen LogP contribution >= 0.6 is 0 Å². The van der Waals surface area contributed by atoms with Crippen molar-refractivity contribution in [1.82, 2.24) is 0 Å². The Kier molecular flexibility index (Phi) is 33.2. The van der Waals surface area contributed by atoms with Crippen molar-refractivity contribution in [3.63, 3.8) is 0 Å². The lowest BCUT2D eigenvalue weighted by Crippen LogP contribution is -2.59. The number of hydrogen-bond acceptors (Lipinski definition) is 10. The molecule has 0 aromatic carbocycles. The Morgan fingerprint density at radius 1 is 0.618 bits per heavy atom. The predicted octanol–water partition coefficient (Wildman–Crippen LogP) is 8.88. The van der Waals surface area contributed by atoms with Gasteiger partial charge in [0.15, 0.2) is 12.4 Å². The highest BCUT2D eigenvalue weighted by molar-refractivity contribution is 5.82. The van der Waals surface area contributed by atoms with Crippen LogP contribution in [0.5, 0.6) is 0 Å². The average Bonchev–Trinajstić information content (AvgIpc) is 3.18. The summed E-state index contributed by atoms with van der Waals surface area (Å²) in [5.74, 6) is -1.10. The monoisotopic (exact) mass is 779 g/mol. The Morgan fingerprint density at radius 3 is 1.71 bits per heavy atom. The van der Waals surface area contributed by atoms with Crippen LogP contribution in [0.15, 0.2) is 48.6 Å². The van der Waals surface area contributed by atoms with Gasteiger partial charge < -0.3 is 39.4 Å². The van der Waals surface area contributed by atoms with Crippen LogP contribution in [-0.2, 0) is 28.5 Å². The number of carbonyl (C=O) groups excluding carboxylic acids is 2. The first-order valence-corrected chi connectivity index (χ1v) is 21.7. The molecule has 10 heteroatoms. The van der Waals surface area contributed by atoms with Crippen molar-refractivity contribution in [3.8, 4) is 0 Å². The van der Waals surface area contributed by atoms with E-state index in [2.05, 4.69) is 38.2 Å². The molecule has 6 atom stereocenters. The first-order valence-electron chi connectivity index (χ1n) is 21.7. The van der Waals surface area contributed by atoms with E-state index < -0.39 is 55.4 Å². The summed E-state index contributed by atoms with van der Waals surface area (Å²) >= 11 is 0. The second-order valence-corrected chi connectivity index (χ2v) is 14.9. The second kappa shape index (κ2) is 36.0. The van der Waals surface area contributed by atoms with E-state index in [0.29, 0.717) is 6.42 Å². The van der Waals surface area contributed by atoms with E-state index in [-0.39, 0.29) is 19.6 Å². The molecule has 1 saturated heterocycles. The lowest BCUT2D eigenvalue weighted by molar-refractivity contribution is -0.305. The Bertz CT molecular complexity index is 1040. The molecular formula is C45H78O10. The van der Waals surface area contributed by atoms with Gasteiger partial charge in [-0.05, 0) is 51.4 Å². The van der Waals surface area contributed by atoms with Gasteiger partial charge in [0.25, 0.3) is 0 Å². The number of ether oxygens (including phenoxy) is 4. The van der Waals surface area contributed by atoms with Crippen molar-refractivity contribution in [1.29, 1.82) is 0 Å². The van der Waals surface area contributed by atoms with E-state index >= 15 is 0 Å². The van der Waals surface area contributed by atoms with Crippen LogP contribution in [0.2, 0.25) is 0 Å². The summed E-state index contributed by atoms with van der Waals surface area (Å²) in [5, 5.41) is 40.0. The van der Waals surface area contributed by atoms with Crippen LogP contribution in [0.25, 0.3) is 0 Å². The quantitative estimate of drug-likeness (QED) is 0.0161. The first kappa shape index (κ1) is 50.7. The van der Waals surface area contributed by atoms with Gasteiger partial charge in [0, 0.05) is 12.5 Å². The van der Waals surface area contributed by atoms with Gasteiger partial charge in [-0.15, -0.1) is 0 Å². The largest absolute Gasteiger partial charge is 0.462 e. The highest BCUT2D eigenvalue weighted by Crippen LogP contribution is 2.22. The summed E-state index contributed by atoms with van der Waals surface area (Å²) < 4.78 is 21.9. The summed E-state index contributed by atoms with van der Waals surface area (Å²) in [5.41, 5.74) is 0. The molecular weight excluding hydrogens is 700 g/mol. The van der Waals surface area contributed by atoms with Crippen LogP contribution in [0.4, 0.5) is 0 Å². The van der Waals surface area contributed by atoms with Crippen LogP contribution in [0.1, 0.15) is 168 Å². The van der Waals surface area contributed by atoms with Crippen molar-refractivity contribution in [2.45, 2.75) is 205 Å². The maximum Gasteiger partial charge on any atom is 0.331 e. The predicted molar refractivity (Wildman–Crippen MR) is 219 cm³/mol. The molecule has 0 amide bonds. The smallest absolute Gasteiger partial charge is 0.331 e. The van der Waals surface area contributed by atoms with Crippen LogP contribution < -0.4 is 0 Å². The van der Waals surface area contributed by atoms with E-state index in [1.54, 1.807) is 12.2 Å². The zero-order valence-corrected chi connectivity index (χ0v) is 34.4. The van der Waals surface area contributed by atoms with E-state index in [1.807, 2.05) is 6.08 Å². The molecule has 2 unspecified atom stereocenters. The number of carbonyl (C=O) groups is 2. The number of rotatable bonds is 35. The molecule has 0 radical (unpaired) electrons. The molecule has 1 aliphatic rings. The summed E-state index contributed by atoms with van der Waals surface area (Å²) in [6.45, 7) is 3.26. The standard InChI is InChI=1S/C45H78O10/c1-3-5-7-9-11-13-15-17-19-21-23-25-27-29-31-33-40(47)52-36-38(37-53-45-44(51)43(50)42(49)39(35-46)55-45)54-41(48)34-32-30-28-26-24-22-20-18-16-14-12-10-8-6-4-2/h17,19,23,25,28,30,32,34,38-39,42-46,49-51H,3-16,18,20-22,24,26-27,29,31,33,35-37H2,1-2H3/b19-17+,25-23+,30-28+,34-32+/t38-,39-,42+,43?,44?,45-/m0/s1. The molecule has 10 nitrogen and oxygen atoms in total. The maximum absolute atomic E-state index is 12.6. The zero-order valence-electron chi connectivity index (χ0n) is 34.4. The van der Waals surface area contributed by atoms with Gasteiger partial charge in [0.2, 0.25) is 0 Å². The van der Waals surface area contributed by atoms with Crippen LogP contribution in [-0.4, -0.2) is 89.0 Å². The maximum atomic E-state index is 12.6. The minimum absolute atomic E-state index is 0.212. The molecule has 0 aromatic heterocycles. The summed E-state index contributed by atoms with van der Waals surface area (Å²) in [7, 11) is 0. The first-order chi connectivity index (χ1) is 26.8. The van der Waals surface area contributed by atoms with Gasteiger partial charge in [-0.3, -0.25) is 4.79 Å². The van der Waals surface area contributed by atoms with Crippen molar-refractivity contribution in [2.75, 3.05) is 19.8 Å². The number of aliphatic hydroxyl groups is 4. The Morgan fingerprint density at radius 2 is 1.15 bits per heavy atom. The number of allylic oxidation sites excluding steroid dienone is 7. The molecule has 0 saturated carbocycles. The van der Waals surface area contributed by atoms with Gasteiger partial charge in [0.05, 0.1) is 13.2 Å². The van der Waals surface area contributed by atoms with Crippen molar-refractivity contribution in [3.05, 3.63) is 48.6 Å². The van der Waals surface area contributed by atoms with E-state index in [1.165, 1.54) is 109 Å². The molecule has 55 heavy (non-hydrogen) atoms. The fraction of sp³-hybridized carbons (Fsp3) is 0.778.